The van der Waals surface area contributed by atoms with E-state index in [9.17, 15) is 5.11 Å². The number of rotatable bonds is 5. The van der Waals surface area contributed by atoms with Crippen molar-refractivity contribution >= 4 is 24.0 Å². The lowest BCUT2D eigenvalue weighted by molar-refractivity contribution is 0.141. The Morgan fingerprint density at radius 2 is 2.10 bits per heavy atom. The number of methoxy groups -OCH3 is 1. The summed E-state index contributed by atoms with van der Waals surface area (Å²) in [5.41, 5.74) is 1.15. The van der Waals surface area contributed by atoms with Crippen LogP contribution in [0, 0.1) is 0 Å². The van der Waals surface area contributed by atoms with Gasteiger partial charge in [-0.15, -0.1) is 12.4 Å². The summed E-state index contributed by atoms with van der Waals surface area (Å²) in [7, 11) is 1.62. The van der Waals surface area contributed by atoms with Gasteiger partial charge in [-0.1, -0.05) is 17.7 Å². The maximum atomic E-state index is 9.31. The fraction of sp³-hybridized carbons (Fsp3) is 0.571. The first-order valence-corrected chi connectivity index (χ1v) is 7.03. The lowest BCUT2D eigenvalue weighted by Crippen LogP contribution is -2.45. The van der Waals surface area contributed by atoms with Crippen LogP contribution in [0.1, 0.15) is 18.0 Å². The van der Waals surface area contributed by atoms with E-state index in [0.29, 0.717) is 10.8 Å². The fourth-order valence-electron chi connectivity index (χ4n) is 2.56. The summed E-state index contributed by atoms with van der Waals surface area (Å²) in [5, 5.41) is 13.3. The minimum absolute atomic E-state index is 0. The molecule has 0 radical (unpaired) electrons. The highest BCUT2D eigenvalue weighted by molar-refractivity contribution is 6.32. The molecule has 0 bridgehead atoms. The van der Waals surface area contributed by atoms with E-state index in [2.05, 4.69) is 10.2 Å². The molecule has 4 nitrogen and oxygen atoms in total. The number of aliphatic hydroxyl groups excluding tert-OH is 1. The van der Waals surface area contributed by atoms with Crippen molar-refractivity contribution in [3.8, 4) is 5.75 Å². The first-order chi connectivity index (χ1) is 9.26. The largest absolute Gasteiger partial charge is 0.495 e. The molecule has 1 aliphatic heterocycles. The molecule has 2 rings (SSSR count). The van der Waals surface area contributed by atoms with Crippen LogP contribution in [0.3, 0.4) is 0 Å². The van der Waals surface area contributed by atoms with Gasteiger partial charge in [0.2, 0.25) is 0 Å². The maximum Gasteiger partial charge on any atom is 0.137 e. The summed E-state index contributed by atoms with van der Waals surface area (Å²) < 4.78 is 5.28. The average Bonchev–Trinajstić information content (AvgIpc) is 2.46. The van der Waals surface area contributed by atoms with Gasteiger partial charge in [0, 0.05) is 38.8 Å². The smallest absolute Gasteiger partial charge is 0.137 e. The highest BCUT2D eigenvalue weighted by atomic mass is 35.5. The van der Waals surface area contributed by atoms with Gasteiger partial charge in [-0.3, -0.25) is 4.90 Å². The molecule has 0 aliphatic carbocycles. The standard InChI is InChI=1S/C14H21ClN2O2.ClH/c1-19-14-10-11(2-3-12(14)15)13(4-9-18)17-7-5-16-6-8-17;/h2-3,10,13,16,18H,4-9H2,1H3;1H/t13-;/m0./s1. The molecule has 1 atom stereocenters. The third-order valence-electron chi connectivity index (χ3n) is 3.55. The van der Waals surface area contributed by atoms with E-state index in [-0.39, 0.29) is 25.1 Å². The normalized spacial score (nSPS) is 17.4. The summed E-state index contributed by atoms with van der Waals surface area (Å²) in [6.45, 7) is 4.16. The SMILES string of the molecule is COc1cc([C@H](CCO)N2CCNCC2)ccc1Cl.Cl. The number of hydrogen-bond donors (Lipinski definition) is 2. The van der Waals surface area contributed by atoms with Crippen molar-refractivity contribution in [2.75, 3.05) is 39.9 Å². The second kappa shape index (κ2) is 8.70. The highest BCUT2D eigenvalue weighted by Gasteiger charge is 2.22. The average molecular weight is 321 g/mol. The van der Waals surface area contributed by atoms with Gasteiger partial charge in [0.15, 0.2) is 0 Å². The zero-order valence-corrected chi connectivity index (χ0v) is 13.2. The third-order valence-corrected chi connectivity index (χ3v) is 3.87. The van der Waals surface area contributed by atoms with Crippen molar-refractivity contribution in [2.45, 2.75) is 12.5 Å². The molecule has 0 saturated carbocycles. The number of benzene rings is 1. The molecule has 20 heavy (non-hydrogen) atoms. The maximum absolute atomic E-state index is 9.31. The van der Waals surface area contributed by atoms with Gasteiger partial charge in [0.25, 0.3) is 0 Å². The van der Waals surface area contributed by atoms with Crippen molar-refractivity contribution in [1.82, 2.24) is 10.2 Å². The molecule has 1 aromatic carbocycles. The lowest BCUT2D eigenvalue weighted by atomic mass is 10.0. The van der Waals surface area contributed by atoms with E-state index in [0.717, 1.165) is 38.2 Å². The molecule has 6 heteroatoms. The number of piperazine rings is 1. The van der Waals surface area contributed by atoms with Crippen LogP contribution in [0.15, 0.2) is 18.2 Å². The number of ether oxygens (including phenoxy) is 1. The Bertz CT molecular complexity index is 412. The van der Waals surface area contributed by atoms with Crippen LogP contribution >= 0.6 is 24.0 Å². The van der Waals surface area contributed by atoms with Crippen LogP contribution < -0.4 is 10.1 Å². The van der Waals surface area contributed by atoms with Crippen molar-refractivity contribution in [3.05, 3.63) is 28.8 Å². The minimum atomic E-state index is 0. The third kappa shape index (κ3) is 4.24. The molecule has 0 spiro atoms. The van der Waals surface area contributed by atoms with Gasteiger partial charge < -0.3 is 15.2 Å². The fourth-order valence-corrected chi connectivity index (χ4v) is 2.75. The second-order valence-electron chi connectivity index (χ2n) is 4.71. The number of aliphatic hydroxyl groups is 1. The number of nitrogens with zero attached hydrogens (tertiary/aromatic N) is 1. The molecule has 1 heterocycles. The van der Waals surface area contributed by atoms with Crippen molar-refractivity contribution < 1.29 is 9.84 Å². The summed E-state index contributed by atoms with van der Waals surface area (Å²) in [4.78, 5) is 2.40. The Morgan fingerprint density at radius 1 is 1.40 bits per heavy atom. The van der Waals surface area contributed by atoms with Gasteiger partial charge in [-0.25, -0.2) is 0 Å². The molecular weight excluding hydrogens is 299 g/mol. The molecule has 0 amide bonds. The molecule has 1 saturated heterocycles. The Hall–Kier alpha value is -0.520. The quantitative estimate of drug-likeness (QED) is 0.872. The monoisotopic (exact) mass is 320 g/mol. The van der Waals surface area contributed by atoms with E-state index in [1.807, 2.05) is 18.2 Å². The number of nitrogens with one attached hydrogen (secondary N) is 1. The zero-order valence-electron chi connectivity index (χ0n) is 11.6. The van der Waals surface area contributed by atoms with Gasteiger partial charge >= 0.3 is 0 Å². The van der Waals surface area contributed by atoms with Crippen molar-refractivity contribution in [2.24, 2.45) is 0 Å². The van der Waals surface area contributed by atoms with Crippen LogP contribution in [0.5, 0.6) is 5.75 Å². The lowest BCUT2D eigenvalue weighted by Gasteiger charge is -2.35. The molecular formula is C14H22Cl2N2O2. The Morgan fingerprint density at radius 3 is 2.70 bits per heavy atom. The van der Waals surface area contributed by atoms with E-state index in [1.54, 1.807) is 7.11 Å². The van der Waals surface area contributed by atoms with E-state index < -0.39 is 0 Å². The summed E-state index contributed by atoms with van der Waals surface area (Å²) in [6, 6.07) is 6.08. The number of halogens is 2. The Kier molecular flexibility index (Phi) is 7.62. The van der Waals surface area contributed by atoms with Crippen molar-refractivity contribution in [3.63, 3.8) is 0 Å². The molecule has 1 aromatic rings. The predicted molar refractivity (Wildman–Crippen MR) is 84.1 cm³/mol. The zero-order chi connectivity index (χ0) is 13.7. The van der Waals surface area contributed by atoms with Gasteiger partial charge in [-0.05, 0) is 24.1 Å². The first kappa shape index (κ1) is 17.5. The molecule has 114 valence electrons. The van der Waals surface area contributed by atoms with Crippen LogP contribution in [0.4, 0.5) is 0 Å². The van der Waals surface area contributed by atoms with E-state index in [4.69, 9.17) is 16.3 Å². The van der Waals surface area contributed by atoms with Crippen LogP contribution in [0.25, 0.3) is 0 Å². The van der Waals surface area contributed by atoms with Gasteiger partial charge in [-0.2, -0.15) is 0 Å². The van der Waals surface area contributed by atoms with E-state index >= 15 is 0 Å². The summed E-state index contributed by atoms with van der Waals surface area (Å²) in [6.07, 6.45) is 0.727. The molecule has 1 fully saturated rings. The second-order valence-corrected chi connectivity index (χ2v) is 5.12. The summed E-state index contributed by atoms with van der Waals surface area (Å²) >= 11 is 6.07. The first-order valence-electron chi connectivity index (χ1n) is 6.65. The van der Waals surface area contributed by atoms with Crippen molar-refractivity contribution in [1.29, 1.82) is 0 Å². The highest BCUT2D eigenvalue weighted by Crippen LogP contribution is 2.31. The predicted octanol–water partition coefficient (Wildman–Crippen LogP) is 2.10. The molecule has 2 N–H and O–H groups in total. The molecule has 1 aliphatic rings. The molecule has 0 unspecified atom stereocenters. The van der Waals surface area contributed by atoms with Gasteiger partial charge in [0.1, 0.15) is 5.75 Å². The topological polar surface area (TPSA) is 44.7 Å². The number of hydrogen-bond acceptors (Lipinski definition) is 4. The minimum Gasteiger partial charge on any atom is -0.495 e. The molecule has 0 aromatic heterocycles. The Balaban J connectivity index is 0.00000200. The van der Waals surface area contributed by atoms with Crippen LogP contribution in [0.2, 0.25) is 5.02 Å². The van der Waals surface area contributed by atoms with Crippen LogP contribution in [-0.2, 0) is 0 Å². The van der Waals surface area contributed by atoms with Gasteiger partial charge in [0.05, 0.1) is 12.1 Å². The van der Waals surface area contributed by atoms with E-state index in [1.165, 1.54) is 0 Å². The summed E-state index contributed by atoms with van der Waals surface area (Å²) in [5.74, 6) is 0.692. The van der Waals surface area contributed by atoms with Crippen LogP contribution in [-0.4, -0.2) is 49.9 Å². The Labute approximate surface area is 131 Å².